The molecule has 2 unspecified atom stereocenters. The molecule has 0 fully saturated rings. The molecule has 0 aliphatic heterocycles. The Kier molecular flexibility index (Phi) is 12.2. The van der Waals surface area contributed by atoms with Crippen molar-refractivity contribution in [1.29, 1.82) is 0 Å². The van der Waals surface area contributed by atoms with E-state index in [0.717, 1.165) is 64.2 Å². The van der Waals surface area contributed by atoms with E-state index in [1.807, 2.05) is 12.1 Å². The average Bonchev–Trinajstić information content (AvgIpc) is 2.79. The van der Waals surface area contributed by atoms with Gasteiger partial charge < -0.3 is 0 Å². The molecule has 0 amide bonds. The second-order valence-corrected chi connectivity index (χ2v) is 12.1. The summed E-state index contributed by atoms with van der Waals surface area (Å²) < 4.78 is 66.0. The van der Waals surface area contributed by atoms with Crippen LogP contribution >= 0.6 is 0 Å². The lowest BCUT2D eigenvalue weighted by molar-refractivity contribution is 0.455. The number of hydrogen-bond acceptors (Lipinski definition) is 4. The molecule has 2 aromatic rings. The van der Waals surface area contributed by atoms with Crippen LogP contribution < -0.4 is 0 Å². The number of hydrogen-bond donors (Lipinski definition) is 2. The Balaban J connectivity index is 1.53. The van der Waals surface area contributed by atoms with Crippen molar-refractivity contribution in [3.8, 4) is 0 Å². The first kappa shape index (κ1) is 28.5. The van der Waals surface area contributed by atoms with Gasteiger partial charge in [0.05, 0.1) is 0 Å². The van der Waals surface area contributed by atoms with Gasteiger partial charge in [-0.05, 0) is 24.0 Å². The van der Waals surface area contributed by atoms with Gasteiger partial charge in [0.1, 0.15) is 10.5 Å². The molecule has 2 aromatic carbocycles. The summed E-state index contributed by atoms with van der Waals surface area (Å²) in [6.07, 6.45) is 10.8. The molecule has 0 saturated carbocycles. The molecule has 34 heavy (non-hydrogen) atoms. The molecule has 0 heterocycles. The van der Waals surface area contributed by atoms with Crippen LogP contribution in [0.15, 0.2) is 60.7 Å². The van der Waals surface area contributed by atoms with Crippen LogP contribution in [0.1, 0.15) is 98.7 Å². The van der Waals surface area contributed by atoms with Crippen LogP contribution in [0, 0.1) is 0 Å². The summed E-state index contributed by atoms with van der Waals surface area (Å²) in [5.41, 5.74) is 1.27. The van der Waals surface area contributed by atoms with E-state index >= 15 is 0 Å². The van der Waals surface area contributed by atoms with Crippen molar-refractivity contribution >= 4 is 20.2 Å². The summed E-state index contributed by atoms with van der Waals surface area (Å²) in [5.74, 6) is 0. The van der Waals surface area contributed by atoms with Gasteiger partial charge in [0.15, 0.2) is 0 Å². The molecule has 0 aliphatic rings. The molecule has 0 spiro atoms. The molecule has 0 saturated heterocycles. The third-order valence-electron chi connectivity index (χ3n) is 6.24. The molecular weight excluding hydrogens is 472 g/mol. The van der Waals surface area contributed by atoms with Gasteiger partial charge in [0.25, 0.3) is 20.2 Å². The van der Waals surface area contributed by atoms with Gasteiger partial charge in [-0.2, -0.15) is 16.8 Å². The predicted molar refractivity (Wildman–Crippen MR) is 137 cm³/mol. The van der Waals surface area contributed by atoms with Crippen LogP contribution in [-0.2, 0) is 20.2 Å². The largest absolute Gasteiger partial charge is 0.285 e. The predicted octanol–water partition coefficient (Wildman–Crippen LogP) is 6.93. The van der Waals surface area contributed by atoms with Crippen LogP contribution in [0.4, 0.5) is 0 Å². The lowest BCUT2D eigenvalue weighted by Crippen LogP contribution is -2.12. The zero-order valence-corrected chi connectivity index (χ0v) is 21.4. The van der Waals surface area contributed by atoms with E-state index in [-0.39, 0.29) is 0 Å². The highest BCUT2D eigenvalue weighted by Gasteiger charge is 2.25. The second kappa shape index (κ2) is 14.6. The Morgan fingerprint density at radius 1 is 0.471 bits per heavy atom. The minimum absolute atomic E-state index is 0.427. The van der Waals surface area contributed by atoms with Crippen molar-refractivity contribution in [3.63, 3.8) is 0 Å². The van der Waals surface area contributed by atoms with E-state index in [4.69, 9.17) is 0 Å². The first-order valence-electron chi connectivity index (χ1n) is 12.2. The third kappa shape index (κ3) is 10.7. The maximum absolute atomic E-state index is 11.7. The lowest BCUT2D eigenvalue weighted by Gasteiger charge is -2.14. The summed E-state index contributed by atoms with van der Waals surface area (Å²) in [6.45, 7) is 0. The summed E-state index contributed by atoms with van der Waals surface area (Å²) in [5, 5.41) is -1.70. The molecule has 190 valence electrons. The highest BCUT2D eigenvalue weighted by Crippen LogP contribution is 2.29. The Labute approximate surface area is 205 Å². The third-order valence-corrected chi connectivity index (χ3v) is 8.70. The van der Waals surface area contributed by atoms with Crippen molar-refractivity contribution in [3.05, 3.63) is 71.8 Å². The van der Waals surface area contributed by atoms with E-state index < -0.39 is 30.7 Å². The molecule has 2 atom stereocenters. The Hall–Kier alpha value is -1.74. The van der Waals surface area contributed by atoms with E-state index in [1.54, 1.807) is 48.5 Å². The smallest absolute Gasteiger partial charge is 0.271 e. The molecule has 6 nitrogen and oxygen atoms in total. The Bertz CT molecular complexity index is 936. The maximum atomic E-state index is 11.7. The fourth-order valence-corrected chi connectivity index (χ4v) is 6.32. The van der Waals surface area contributed by atoms with Gasteiger partial charge in [-0.1, -0.05) is 125 Å². The van der Waals surface area contributed by atoms with Crippen LogP contribution in [0.25, 0.3) is 0 Å². The normalized spacial score (nSPS) is 14.1. The molecule has 2 rings (SSSR count). The van der Waals surface area contributed by atoms with E-state index in [2.05, 4.69) is 0 Å². The molecule has 8 heteroatoms. The van der Waals surface area contributed by atoms with Crippen molar-refractivity contribution in [2.45, 2.75) is 87.5 Å². The topological polar surface area (TPSA) is 109 Å². The molecule has 0 bridgehead atoms. The van der Waals surface area contributed by atoms with E-state index in [9.17, 15) is 25.9 Å². The SMILES string of the molecule is O=S(=O)(O)C(CCCCCCCCCCCCC(c1ccccc1)S(=O)(=O)O)c1ccccc1. The average molecular weight is 511 g/mol. The fourth-order valence-electron chi connectivity index (χ4n) is 4.38. The Morgan fingerprint density at radius 3 is 1.00 bits per heavy atom. The minimum atomic E-state index is -4.11. The maximum Gasteiger partial charge on any atom is 0.271 e. The van der Waals surface area contributed by atoms with Gasteiger partial charge >= 0.3 is 0 Å². The number of unbranched alkanes of at least 4 members (excludes halogenated alkanes) is 9. The monoisotopic (exact) mass is 510 g/mol. The van der Waals surface area contributed by atoms with Crippen molar-refractivity contribution in [2.24, 2.45) is 0 Å². The zero-order valence-electron chi connectivity index (χ0n) is 19.8. The van der Waals surface area contributed by atoms with Gasteiger partial charge in [0, 0.05) is 0 Å². The quantitative estimate of drug-likeness (QED) is 0.176. The fraction of sp³-hybridized carbons (Fsp3) is 0.538. The highest BCUT2D eigenvalue weighted by molar-refractivity contribution is 7.86. The van der Waals surface area contributed by atoms with E-state index in [0.29, 0.717) is 24.0 Å². The lowest BCUT2D eigenvalue weighted by atomic mass is 10.0. The van der Waals surface area contributed by atoms with E-state index in [1.165, 1.54) is 0 Å². The highest BCUT2D eigenvalue weighted by atomic mass is 32.2. The summed E-state index contributed by atoms with van der Waals surface area (Å²) in [6, 6.07) is 17.7. The van der Waals surface area contributed by atoms with Crippen LogP contribution in [0.3, 0.4) is 0 Å². The van der Waals surface area contributed by atoms with Gasteiger partial charge in [-0.15, -0.1) is 0 Å². The van der Waals surface area contributed by atoms with Crippen LogP contribution in [0.5, 0.6) is 0 Å². The number of benzene rings is 2. The zero-order chi connectivity index (χ0) is 24.9. The van der Waals surface area contributed by atoms with Crippen molar-refractivity contribution in [2.75, 3.05) is 0 Å². The summed E-state index contributed by atoms with van der Waals surface area (Å²) in [4.78, 5) is 0. The molecule has 0 aliphatic carbocycles. The molecule has 0 aromatic heterocycles. The number of rotatable bonds is 17. The van der Waals surface area contributed by atoms with Gasteiger partial charge in [0.2, 0.25) is 0 Å². The van der Waals surface area contributed by atoms with Crippen LogP contribution in [0.2, 0.25) is 0 Å². The van der Waals surface area contributed by atoms with Gasteiger partial charge in [-0.25, -0.2) is 0 Å². The van der Waals surface area contributed by atoms with Gasteiger partial charge in [-0.3, -0.25) is 9.11 Å². The second-order valence-electron chi connectivity index (χ2n) is 8.94. The molecule has 0 radical (unpaired) electrons. The molecule has 2 N–H and O–H groups in total. The summed E-state index contributed by atoms with van der Waals surface area (Å²) in [7, 11) is -8.21. The van der Waals surface area contributed by atoms with Crippen molar-refractivity contribution in [1.82, 2.24) is 0 Å². The molecular formula is C26H38O6S2. The standard InChI is InChI=1S/C26H38O6S2/c27-33(28,29)25(23-17-11-9-12-18-23)21-15-7-5-3-1-2-4-6-8-16-22-26(34(30,31)32)24-19-13-10-14-20-24/h9-14,17-20,25-26H,1-8,15-16,21-22H2,(H,27,28,29)(H,30,31,32). The van der Waals surface area contributed by atoms with Crippen molar-refractivity contribution < 1.29 is 25.9 Å². The minimum Gasteiger partial charge on any atom is -0.285 e. The van der Waals surface area contributed by atoms with Crippen LogP contribution in [-0.4, -0.2) is 25.9 Å². The first-order valence-corrected chi connectivity index (χ1v) is 15.2. The summed E-state index contributed by atoms with van der Waals surface area (Å²) >= 11 is 0. The first-order chi connectivity index (χ1) is 16.2. The Morgan fingerprint density at radius 2 is 0.735 bits per heavy atom.